The van der Waals surface area contributed by atoms with Crippen LogP contribution in [0.2, 0.25) is 0 Å². The van der Waals surface area contributed by atoms with Gasteiger partial charge in [-0.1, -0.05) is 40.2 Å². The summed E-state index contributed by atoms with van der Waals surface area (Å²) in [5.41, 5.74) is 1.80. The average Bonchev–Trinajstić information content (AvgIpc) is 2.79. The predicted molar refractivity (Wildman–Crippen MR) is 79.2 cm³/mol. The normalized spacial score (nSPS) is 14.0. The second-order valence-corrected chi connectivity index (χ2v) is 6.01. The molecule has 2 nitrogen and oxygen atoms in total. The molecule has 0 atom stereocenters. The molecule has 0 aliphatic heterocycles. The van der Waals surface area contributed by atoms with Gasteiger partial charge in [0.2, 0.25) is 0 Å². The van der Waals surface area contributed by atoms with Crippen LogP contribution in [0, 0.1) is 11.6 Å². The highest BCUT2D eigenvalue weighted by Crippen LogP contribution is 2.23. The second kappa shape index (κ2) is 5.56. The van der Waals surface area contributed by atoms with Crippen LogP contribution in [-0.2, 0) is 12.8 Å². The predicted octanol–water partition coefficient (Wildman–Crippen LogP) is 3.62. The number of amides is 1. The molecule has 0 unspecified atom stereocenters. The fourth-order valence-corrected chi connectivity index (χ4v) is 3.08. The first kappa shape index (κ1) is 14.2. The molecule has 1 aliphatic rings. The van der Waals surface area contributed by atoms with Crippen LogP contribution in [0.1, 0.15) is 21.5 Å². The van der Waals surface area contributed by atoms with Crippen molar-refractivity contribution in [2.24, 2.45) is 0 Å². The van der Waals surface area contributed by atoms with Crippen LogP contribution < -0.4 is 5.32 Å². The van der Waals surface area contributed by atoms with Crippen LogP contribution in [0.5, 0.6) is 0 Å². The van der Waals surface area contributed by atoms with Gasteiger partial charge in [-0.05, 0) is 36.1 Å². The van der Waals surface area contributed by atoms with Crippen molar-refractivity contribution < 1.29 is 13.6 Å². The van der Waals surface area contributed by atoms with Crippen LogP contribution in [0.15, 0.2) is 40.9 Å². The van der Waals surface area contributed by atoms with E-state index in [9.17, 15) is 13.6 Å². The van der Waals surface area contributed by atoms with Crippen molar-refractivity contribution >= 4 is 21.8 Å². The number of benzene rings is 2. The molecule has 1 aliphatic carbocycles. The maximum absolute atomic E-state index is 13.8. The lowest BCUT2D eigenvalue weighted by Crippen LogP contribution is -2.36. The summed E-state index contributed by atoms with van der Waals surface area (Å²) < 4.78 is 27.8. The van der Waals surface area contributed by atoms with E-state index in [1.807, 2.05) is 24.3 Å². The maximum Gasteiger partial charge on any atom is 0.257 e. The van der Waals surface area contributed by atoms with Gasteiger partial charge in [0.25, 0.3) is 5.91 Å². The summed E-state index contributed by atoms with van der Waals surface area (Å²) in [5, 5.41) is 2.71. The molecule has 5 heteroatoms. The number of carbonyl (C=O) groups excluding carboxylic acids is 1. The number of carbonyl (C=O) groups is 1. The van der Waals surface area contributed by atoms with Gasteiger partial charge in [0.15, 0.2) is 0 Å². The molecule has 1 N–H and O–H groups in total. The van der Waals surface area contributed by atoms with Gasteiger partial charge in [0.1, 0.15) is 17.2 Å². The minimum absolute atomic E-state index is 0.127. The van der Waals surface area contributed by atoms with Crippen LogP contribution >= 0.6 is 15.9 Å². The molecule has 2 aromatic carbocycles. The molecule has 0 heterocycles. The Morgan fingerprint density at radius 3 is 2.14 bits per heavy atom. The quantitative estimate of drug-likeness (QED) is 0.879. The van der Waals surface area contributed by atoms with Crippen molar-refractivity contribution in [1.29, 1.82) is 0 Å². The van der Waals surface area contributed by atoms with Gasteiger partial charge in [-0.2, -0.15) is 0 Å². The van der Waals surface area contributed by atoms with E-state index in [-0.39, 0.29) is 10.5 Å². The molecule has 21 heavy (non-hydrogen) atoms. The van der Waals surface area contributed by atoms with Gasteiger partial charge >= 0.3 is 0 Å². The van der Waals surface area contributed by atoms with Crippen molar-refractivity contribution in [3.05, 3.63) is 69.2 Å². The van der Waals surface area contributed by atoms with Crippen molar-refractivity contribution in [2.75, 3.05) is 0 Å². The summed E-state index contributed by atoms with van der Waals surface area (Å²) >= 11 is 2.99. The smallest absolute Gasteiger partial charge is 0.257 e. The Kier molecular flexibility index (Phi) is 3.76. The fourth-order valence-electron chi connectivity index (χ4n) is 2.68. The molecule has 0 saturated carbocycles. The number of fused-ring (bicyclic) bond motifs is 1. The van der Waals surface area contributed by atoms with Crippen LogP contribution in [0.4, 0.5) is 8.78 Å². The van der Waals surface area contributed by atoms with Crippen molar-refractivity contribution in [1.82, 2.24) is 5.32 Å². The van der Waals surface area contributed by atoms with Crippen molar-refractivity contribution in [3.63, 3.8) is 0 Å². The summed E-state index contributed by atoms with van der Waals surface area (Å²) in [6, 6.07) is 9.93. The number of rotatable bonds is 2. The molecule has 0 bridgehead atoms. The van der Waals surface area contributed by atoms with E-state index in [0.717, 1.165) is 12.1 Å². The summed E-state index contributed by atoms with van der Waals surface area (Å²) in [6.45, 7) is 0. The largest absolute Gasteiger partial charge is 0.348 e. The standard InChI is InChI=1S/C16H12BrF2NO/c17-11-7-13(18)15(14(19)8-11)16(21)20-12-5-9-3-1-2-4-10(9)6-12/h1-4,7-8,12H,5-6H2,(H,20,21). The average molecular weight is 352 g/mol. The highest BCUT2D eigenvalue weighted by Gasteiger charge is 2.25. The lowest BCUT2D eigenvalue weighted by atomic mass is 10.1. The minimum Gasteiger partial charge on any atom is -0.348 e. The third-order valence-corrected chi connectivity index (χ3v) is 4.08. The molecule has 0 saturated heterocycles. The highest BCUT2D eigenvalue weighted by atomic mass is 79.9. The Balaban J connectivity index is 1.77. The van der Waals surface area contributed by atoms with Crippen LogP contribution in [0.3, 0.4) is 0 Å². The van der Waals surface area contributed by atoms with E-state index in [4.69, 9.17) is 0 Å². The molecule has 1 amide bonds. The number of hydrogen-bond donors (Lipinski definition) is 1. The molecule has 3 rings (SSSR count). The molecule has 0 radical (unpaired) electrons. The summed E-state index contributed by atoms with van der Waals surface area (Å²) in [4.78, 5) is 12.1. The number of hydrogen-bond acceptors (Lipinski definition) is 1. The highest BCUT2D eigenvalue weighted by molar-refractivity contribution is 9.10. The molecule has 2 aromatic rings. The number of nitrogens with one attached hydrogen (secondary N) is 1. The van der Waals surface area contributed by atoms with E-state index < -0.39 is 23.1 Å². The van der Waals surface area contributed by atoms with Gasteiger partial charge in [0, 0.05) is 10.5 Å². The maximum atomic E-state index is 13.8. The zero-order chi connectivity index (χ0) is 15.0. The zero-order valence-electron chi connectivity index (χ0n) is 11.0. The summed E-state index contributed by atoms with van der Waals surface area (Å²) in [6.07, 6.45) is 1.36. The van der Waals surface area contributed by atoms with E-state index in [0.29, 0.717) is 12.8 Å². The lowest BCUT2D eigenvalue weighted by Gasteiger charge is -2.13. The second-order valence-electron chi connectivity index (χ2n) is 5.09. The van der Waals surface area contributed by atoms with E-state index in [1.54, 1.807) is 0 Å². The number of halogens is 3. The van der Waals surface area contributed by atoms with Gasteiger partial charge < -0.3 is 5.32 Å². The van der Waals surface area contributed by atoms with Crippen LogP contribution in [-0.4, -0.2) is 11.9 Å². The monoisotopic (exact) mass is 351 g/mol. The van der Waals surface area contributed by atoms with Gasteiger partial charge in [-0.3, -0.25) is 4.79 Å². The van der Waals surface area contributed by atoms with Gasteiger partial charge in [0.05, 0.1) is 0 Å². The Bertz CT molecular complexity index is 669. The summed E-state index contributed by atoms with van der Waals surface area (Å²) in [5.74, 6) is -2.44. The van der Waals surface area contributed by atoms with Crippen LogP contribution in [0.25, 0.3) is 0 Å². The SMILES string of the molecule is O=C(NC1Cc2ccccc2C1)c1c(F)cc(Br)cc1F. The van der Waals surface area contributed by atoms with Crippen molar-refractivity contribution in [2.45, 2.75) is 18.9 Å². The third-order valence-electron chi connectivity index (χ3n) is 3.62. The van der Waals surface area contributed by atoms with Crippen molar-refractivity contribution in [3.8, 4) is 0 Å². The third kappa shape index (κ3) is 2.83. The molecule has 0 spiro atoms. The first-order valence-electron chi connectivity index (χ1n) is 6.57. The molecular weight excluding hydrogens is 340 g/mol. The Morgan fingerprint density at radius 2 is 1.62 bits per heavy atom. The first-order valence-corrected chi connectivity index (χ1v) is 7.36. The lowest BCUT2D eigenvalue weighted by molar-refractivity contribution is 0.0930. The fraction of sp³-hybridized carbons (Fsp3) is 0.188. The molecule has 0 fully saturated rings. The van der Waals surface area contributed by atoms with Gasteiger partial charge in [-0.25, -0.2) is 8.78 Å². The topological polar surface area (TPSA) is 29.1 Å². The van der Waals surface area contributed by atoms with E-state index in [2.05, 4.69) is 21.2 Å². The first-order chi connectivity index (χ1) is 10.0. The van der Waals surface area contributed by atoms with Gasteiger partial charge in [-0.15, -0.1) is 0 Å². The summed E-state index contributed by atoms with van der Waals surface area (Å²) in [7, 11) is 0. The van der Waals surface area contributed by atoms with E-state index in [1.165, 1.54) is 11.1 Å². The molecular formula is C16H12BrF2NO. The Morgan fingerprint density at radius 1 is 1.10 bits per heavy atom. The zero-order valence-corrected chi connectivity index (χ0v) is 12.6. The molecule has 0 aromatic heterocycles. The van der Waals surface area contributed by atoms with E-state index >= 15 is 0 Å². The minimum atomic E-state index is -0.866. The Hall–Kier alpha value is -1.75. The molecule has 108 valence electrons. The Labute approximate surface area is 129 Å².